The molecule has 0 amide bonds. The first-order valence-electron chi connectivity index (χ1n) is 3.89. The van der Waals surface area contributed by atoms with Gasteiger partial charge >= 0.3 is 0 Å². The summed E-state index contributed by atoms with van der Waals surface area (Å²) in [6.45, 7) is 3.93. The topological polar surface area (TPSA) is 25.8 Å². The largest absolute Gasteiger partial charge is 0.183 e. The van der Waals surface area contributed by atoms with Crippen molar-refractivity contribution >= 4 is 10.8 Å². The molecule has 0 saturated heterocycles. The van der Waals surface area contributed by atoms with Crippen LogP contribution in [-0.2, 0) is 20.4 Å². The van der Waals surface area contributed by atoms with E-state index in [1.54, 1.807) is 0 Å². The van der Waals surface area contributed by atoms with Crippen LogP contribution in [0.25, 0.3) is 10.8 Å². The van der Waals surface area contributed by atoms with Crippen LogP contribution in [0.4, 0.5) is 0 Å². The molecule has 1 heterocycles. The third-order valence-corrected chi connectivity index (χ3v) is 1.99. The number of hydrogen-bond acceptors (Lipinski definition) is 2. The second kappa shape index (κ2) is 3.95. The zero-order valence-electron chi connectivity index (χ0n) is 7.50. The van der Waals surface area contributed by atoms with Crippen LogP contribution < -0.4 is 0 Å². The van der Waals surface area contributed by atoms with Crippen LogP contribution in [-0.4, -0.2) is 10.2 Å². The molecule has 0 unspecified atom stereocenters. The minimum Gasteiger partial charge on any atom is -0.183 e. The quantitative estimate of drug-likeness (QED) is 0.684. The van der Waals surface area contributed by atoms with Crippen molar-refractivity contribution in [1.82, 2.24) is 10.2 Å². The van der Waals surface area contributed by atoms with Crippen molar-refractivity contribution in [1.29, 1.82) is 0 Å². The molecule has 0 spiro atoms. The van der Waals surface area contributed by atoms with Crippen LogP contribution in [0.15, 0.2) is 18.2 Å². The average Bonchev–Trinajstić information content (AvgIpc) is 2.12. The number of hydrogen-bond donors (Lipinski definition) is 0. The van der Waals surface area contributed by atoms with Crippen LogP contribution in [0.5, 0.6) is 0 Å². The third kappa shape index (κ3) is 1.77. The van der Waals surface area contributed by atoms with Gasteiger partial charge in [0.2, 0.25) is 0 Å². The van der Waals surface area contributed by atoms with Gasteiger partial charge in [0.25, 0.3) is 0 Å². The van der Waals surface area contributed by atoms with Gasteiger partial charge in [-0.1, -0.05) is 0 Å². The van der Waals surface area contributed by atoms with E-state index in [-0.39, 0.29) is 20.4 Å². The Hall–Kier alpha value is -0.778. The maximum absolute atomic E-state index is 4.04. The minimum absolute atomic E-state index is 0. The first-order valence-corrected chi connectivity index (χ1v) is 3.89. The summed E-state index contributed by atoms with van der Waals surface area (Å²) >= 11 is 0. The van der Waals surface area contributed by atoms with E-state index < -0.39 is 0 Å². The fourth-order valence-electron chi connectivity index (χ4n) is 1.30. The predicted octanol–water partition coefficient (Wildman–Crippen LogP) is 2.04. The molecule has 0 aliphatic heterocycles. The molecule has 2 aromatic rings. The number of nitrogens with zero attached hydrogens (tertiary/aromatic N) is 2. The zero-order valence-corrected chi connectivity index (χ0v) is 10.2. The van der Waals surface area contributed by atoms with Crippen LogP contribution >= 0.6 is 0 Å². The molecular formula is C10H9N2Re-. The van der Waals surface area contributed by atoms with Gasteiger partial charge in [-0.2, -0.15) is 34.5 Å². The van der Waals surface area contributed by atoms with Gasteiger partial charge in [0.05, 0.1) is 0 Å². The van der Waals surface area contributed by atoms with Crippen LogP contribution in [0.3, 0.4) is 0 Å². The van der Waals surface area contributed by atoms with E-state index in [9.17, 15) is 0 Å². The van der Waals surface area contributed by atoms with E-state index in [1.807, 2.05) is 32.0 Å². The first-order chi connectivity index (χ1) is 5.79. The molecule has 2 rings (SSSR count). The molecule has 1 radical (unpaired) electrons. The standard InChI is InChI=1S/C10H9N2.Re/c1-7-9-5-3-4-6-10(9)8(2)12-11-7;/h3,5-6H,1-2H3;/q-1;. The normalized spacial score (nSPS) is 9.69. The van der Waals surface area contributed by atoms with Gasteiger partial charge in [-0.05, 0) is 13.8 Å². The summed E-state index contributed by atoms with van der Waals surface area (Å²) < 4.78 is 0. The number of benzene rings is 1. The Balaban J connectivity index is 0.000000845. The number of rotatable bonds is 0. The summed E-state index contributed by atoms with van der Waals surface area (Å²) in [5, 5.41) is 10.4. The van der Waals surface area contributed by atoms with Crippen molar-refractivity contribution in [3.8, 4) is 0 Å². The molecule has 2 nitrogen and oxygen atoms in total. The van der Waals surface area contributed by atoms with E-state index in [0.717, 1.165) is 16.8 Å². The Morgan fingerprint density at radius 3 is 2.31 bits per heavy atom. The van der Waals surface area contributed by atoms with Gasteiger partial charge in [-0.15, -0.1) is 10.8 Å². The first kappa shape index (κ1) is 10.3. The fourth-order valence-corrected chi connectivity index (χ4v) is 1.30. The van der Waals surface area contributed by atoms with Crippen molar-refractivity contribution in [2.75, 3.05) is 0 Å². The molecule has 0 saturated carbocycles. The molecule has 13 heavy (non-hydrogen) atoms. The molecule has 0 N–H and O–H groups in total. The van der Waals surface area contributed by atoms with E-state index in [2.05, 4.69) is 16.3 Å². The zero-order chi connectivity index (χ0) is 8.55. The van der Waals surface area contributed by atoms with Gasteiger partial charge < -0.3 is 0 Å². The van der Waals surface area contributed by atoms with E-state index in [0.29, 0.717) is 0 Å². The van der Waals surface area contributed by atoms with E-state index in [1.165, 1.54) is 5.39 Å². The second-order valence-corrected chi connectivity index (χ2v) is 2.84. The smallest absolute Gasteiger partial charge is 0.0437 e. The minimum atomic E-state index is 0. The van der Waals surface area contributed by atoms with Crippen molar-refractivity contribution in [2.24, 2.45) is 0 Å². The summed E-state index contributed by atoms with van der Waals surface area (Å²) in [5.74, 6) is 0. The van der Waals surface area contributed by atoms with Crippen LogP contribution in [0.2, 0.25) is 0 Å². The molecule has 0 aliphatic carbocycles. The van der Waals surface area contributed by atoms with Crippen LogP contribution in [0, 0.1) is 19.9 Å². The van der Waals surface area contributed by atoms with E-state index in [4.69, 9.17) is 0 Å². The van der Waals surface area contributed by atoms with Gasteiger partial charge in [0.15, 0.2) is 0 Å². The Morgan fingerprint density at radius 1 is 1.08 bits per heavy atom. The Morgan fingerprint density at radius 2 is 1.69 bits per heavy atom. The van der Waals surface area contributed by atoms with E-state index >= 15 is 0 Å². The van der Waals surface area contributed by atoms with Gasteiger partial charge in [-0.25, -0.2) is 0 Å². The molecule has 0 bridgehead atoms. The van der Waals surface area contributed by atoms with Crippen molar-refractivity contribution in [3.05, 3.63) is 35.7 Å². The summed E-state index contributed by atoms with van der Waals surface area (Å²) in [7, 11) is 0. The number of aromatic nitrogens is 2. The summed E-state index contributed by atoms with van der Waals surface area (Å²) in [6.07, 6.45) is 0. The third-order valence-electron chi connectivity index (χ3n) is 1.99. The Labute approximate surface area is 91.0 Å². The maximum Gasteiger partial charge on any atom is 0.0437 e. The monoisotopic (exact) mass is 344 g/mol. The molecule has 1 aromatic carbocycles. The van der Waals surface area contributed by atoms with Gasteiger partial charge in [0, 0.05) is 31.8 Å². The Bertz CT molecular complexity index is 386. The summed E-state index contributed by atoms with van der Waals surface area (Å²) in [4.78, 5) is 0. The maximum atomic E-state index is 4.04. The van der Waals surface area contributed by atoms with Crippen molar-refractivity contribution in [2.45, 2.75) is 13.8 Å². The molecule has 0 fully saturated rings. The predicted molar refractivity (Wildman–Crippen MR) is 47.8 cm³/mol. The number of fused-ring (bicyclic) bond motifs is 1. The average molecular weight is 343 g/mol. The molecule has 1 aromatic heterocycles. The van der Waals surface area contributed by atoms with Crippen LogP contribution in [0.1, 0.15) is 11.4 Å². The number of aryl methyl sites for hydroxylation is 2. The molecule has 67 valence electrons. The molecule has 0 atom stereocenters. The molecular weight excluding hydrogens is 334 g/mol. The molecule has 0 aliphatic rings. The summed E-state index contributed by atoms with van der Waals surface area (Å²) in [5.41, 5.74) is 1.94. The second-order valence-electron chi connectivity index (χ2n) is 2.84. The summed E-state index contributed by atoms with van der Waals surface area (Å²) in [6, 6.07) is 8.91. The fraction of sp³-hybridized carbons (Fsp3) is 0.200. The van der Waals surface area contributed by atoms with Gasteiger partial charge in [0.1, 0.15) is 0 Å². The Kier molecular flexibility index (Phi) is 3.13. The van der Waals surface area contributed by atoms with Crippen molar-refractivity contribution < 1.29 is 20.4 Å². The van der Waals surface area contributed by atoms with Crippen molar-refractivity contribution in [3.63, 3.8) is 0 Å². The van der Waals surface area contributed by atoms with Gasteiger partial charge in [-0.3, -0.25) is 0 Å². The SMILES string of the molecule is Cc1nnc(C)c2cc[c-]cc12.[Re]. The molecule has 3 heteroatoms.